The van der Waals surface area contributed by atoms with Crippen molar-refractivity contribution in [2.45, 2.75) is 12.5 Å². The van der Waals surface area contributed by atoms with Gasteiger partial charge in [-0.1, -0.05) is 18.2 Å². The molecule has 8 heteroatoms. The lowest BCUT2D eigenvalue weighted by Gasteiger charge is -2.27. The molecule has 0 saturated carbocycles. The van der Waals surface area contributed by atoms with Crippen molar-refractivity contribution in [3.05, 3.63) is 65.6 Å². The van der Waals surface area contributed by atoms with E-state index < -0.39 is 0 Å². The third-order valence-electron chi connectivity index (χ3n) is 5.22. The lowest BCUT2D eigenvalue weighted by Crippen LogP contribution is -2.42. The fourth-order valence-corrected chi connectivity index (χ4v) is 3.61. The van der Waals surface area contributed by atoms with Crippen molar-refractivity contribution in [2.24, 2.45) is 4.99 Å². The molecule has 3 aromatic rings. The molecule has 6 nitrogen and oxygen atoms in total. The summed E-state index contributed by atoms with van der Waals surface area (Å²) in [6.45, 7) is 1.39. The van der Waals surface area contributed by atoms with Gasteiger partial charge in [-0.3, -0.25) is 4.99 Å². The summed E-state index contributed by atoms with van der Waals surface area (Å²) in [6, 6.07) is 13.0. The molecule has 2 aromatic carbocycles. The van der Waals surface area contributed by atoms with E-state index >= 15 is 0 Å². The average Bonchev–Trinajstić information content (AvgIpc) is 3.14. The minimum absolute atomic E-state index is 0. The number of nitrogens with zero attached hydrogens (tertiary/aromatic N) is 2. The van der Waals surface area contributed by atoms with Gasteiger partial charge in [-0.2, -0.15) is 0 Å². The summed E-state index contributed by atoms with van der Waals surface area (Å²) < 4.78 is 18.9. The molecule has 0 bridgehead atoms. The highest BCUT2D eigenvalue weighted by molar-refractivity contribution is 14.0. The van der Waals surface area contributed by atoms with Crippen LogP contribution in [0, 0.1) is 5.82 Å². The summed E-state index contributed by atoms with van der Waals surface area (Å²) in [5.41, 5.74) is 3.09. The molecule has 1 heterocycles. The van der Waals surface area contributed by atoms with Crippen LogP contribution in [0.3, 0.4) is 0 Å². The Bertz CT molecular complexity index is 1000. The van der Waals surface area contributed by atoms with E-state index in [2.05, 4.69) is 45.7 Å². The number of benzene rings is 2. The number of methoxy groups -OCH3 is 1. The number of halogens is 2. The Kier molecular flexibility index (Phi) is 9.57. The molecule has 3 rings (SSSR count). The molecule has 0 aliphatic heterocycles. The number of hydrogen-bond acceptors (Lipinski definition) is 3. The van der Waals surface area contributed by atoms with Crippen molar-refractivity contribution in [3.63, 3.8) is 0 Å². The second kappa shape index (κ2) is 11.9. The summed E-state index contributed by atoms with van der Waals surface area (Å²) in [6.07, 6.45) is 2.74. The molecule has 0 aliphatic carbocycles. The van der Waals surface area contributed by atoms with Crippen molar-refractivity contribution in [3.8, 4) is 5.75 Å². The van der Waals surface area contributed by atoms with Gasteiger partial charge < -0.3 is 25.3 Å². The van der Waals surface area contributed by atoms with Crippen LogP contribution in [-0.2, 0) is 6.42 Å². The highest BCUT2D eigenvalue weighted by atomic mass is 127. The average molecular weight is 539 g/mol. The molecule has 168 valence electrons. The maximum Gasteiger partial charge on any atom is 0.191 e. The van der Waals surface area contributed by atoms with Crippen LogP contribution in [0.25, 0.3) is 10.9 Å². The van der Waals surface area contributed by atoms with E-state index in [0.29, 0.717) is 13.1 Å². The molecular formula is C23H31FIN5O. The molecule has 0 spiro atoms. The number of nitrogens with one attached hydrogen (secondary N) is 3. The fourth-order valence-electron chi connectivity index (χ4n) is 3.61. The number of aromatic amines is 1. The third kappa shape index (κ3) is 6.33. The molecule has 3 N–H and O–H groups in total. The van der Waals surface area contributed by atoms with E-state index in [1.807, 2.05) is 30.5 Å². The molecule has 0 amide bonds. The lowest BCUT2D eigenvalue weighted by molar-refractivity contribution is 0.288. The molecular weight excluding hydrogens is 508 g/mol. The van der Waals surface area contributed by atoms with E-state index in [0.717, 1.165) is 40.2 Å². The van der Waals surface area contributed by atoms with Gasteiger partial charge in [-0.05, 0) is 50.3 Å². The number of rotatable bonds is 8. The summed E-state index contributed by atoms with van der Waals surface area (Å²) >= 11 is 0. The molecule has 1 aromatic heterocycles. The summed E-state index contributed by atoms with van der Waals surface area (Å²) in [4.78, 5) is 9.62. The number of H-pyrrole nitrogens is 1. The van der Waals surface area contributed by atoms with Crippen LogP contribution < -0.4 is 15.4 Å². The first-order valence-corrected chi connectivity index (χ1v) is 10.0. The third-order valence-corrected chi connectivity index (χ3v) is 5.22. The van der Waals surface area contributed by atoms with Gasteiger partial charge in [-0.25, -0.2) is 4.39 Å². The van der Waals surface area contributed by atoms with Crippen LogP contribution in [0.4, 0.5) is 4.39 Å². The zero-order chi connectivity index (χ0) is 21.5. The highest BCUT2D eigenvalue weighted by Crippen LogP contribution is 2.27. The Labute approximate surface area is 200 Å². The lowest BCUT2D eigenvalue weighted by atomic mass is 10.0. The smallest absolute Gasteiger partial charge is 0.191 e. The van der Waals surface area contributed by atoms with E-state index in [4.69, 9.17) is 4.74 Å². The summed E-state index contributed by atoms with van der Waals surface area (Å²) in [5.74, 6) is 1.38. The Balaban J connectivity index is 0.00000341. The number of guanidine groups is 1. The first kappa shape index (κ1) is 24.9. The number of likely N-dealkylation sites (N-methyl/N-ethyl adjacent to an activating group) is 1. The van der Waals surface area contributed by atoms with Crippen molar-refractivity contribution in [2.75, 3.05) is 41.3 Å². The Morgan fingerprint density at radius 1 is 1.19 bits per heavy atom. The van der Waals surface area contributed by atoms with Gasteiger partial charge in [0, 0.05) is 42.8 Å². The van der Waals surface area contributed by atoms with Crippen LogP contribution in [-0.4, -0.2) is 57.2 Å². The van der Waals surface area contributed by atoms with E-state index in [1.54, 1.807) is 14.2 Å². The minimum atomic E-state index is -0.232. The summed E-state index contributed by atoms with van der Waals surface area (Å²) in [5, 5.41) is 7.82. The number of fused-ring (bicyclic) bond motifs is 1. The topological polar surface area (TPSA) is 64.7 Å². The normalized spacial score (nSPS) is 12.5. The zero-order valence-corrected chi connectivity index (χ0v) is 20.7. The molecule has 0 radical (unpaired) electrons. The molecule has 31 heavy (non-hydrogen) atoms. The molecule has 1 unspecified atom stereocenters. The number of aliphatic imine (C=N–C) groups is 1. The second-order valence-electron chi connectivity index (χ2n) is 7.36. The summed E-state index contributed by atoms with van der Waals surface area (Å²) in [7, 11) is 7.56. The van der Waals surface area contributed by atoms with Crippen LogP contribution >= 0.6 is 24.0 Å². The van der Waals surface area contributed by atoms with E-state index in [-0.39, 0.29) is 35.8 Å². The van der Waals surface area contributed by atoms with Crippen LogP contribution in [0.1, 0.15) is 17.2 Å². The molecule has 0 fully saturated rings. The SMILES string of the molecule is CN=C(NCCc1c[nH]c2cc(F)ccc12)NCC(c1ccccc1OC)N(C)C.I. The Morgan fingerprint density at radius 2 is 1.97 bits per heavy atom. The predicted molar refractivity (Wildman–Crippen MR) is 136 cm³/mol. The standard InChI is InChI=1S/C23H30FN5O.HI/c1-25-23(26-12-11-16-14-27-20-13-17(24)9-10-18(16)20)28-15-21(29(2)3)19-7-5-6-8-22(19)30-4;/h5-10,13-14,21,27H,11-12,15H2,1-4H3,(H2,25,26,28);1H. The van der Waals surface area contributed by atoms with Crippen LogP contribution in [0.2, 0.25) is 0 Å². The van der Waals surface area contributed by atoms with E-state index in [9.17, 15) is 4.39 Å². The van der Waals surface area contributed by atoms with Crippen molar-refractivity contribution >= 4 is 40.8 Å². The van der Waals surface area contributed by atoms with Gasteiger partial charge in [-0.15, -0.1) is 24.0 Å². The largest absolute Gasteiger partial charge is 0.496 e. The first-order chi connectivity index (χ1) is 14.5. The zero-order valence-electron chi connectivity index (χ0n) is 18.4. The van der Waals surface area contributed by atoms with Gasteiger partial charge >= 0.3 is 0 Å². The number of ether oxygens (including phenoxy) is 1. The van der Waals surface area contributed by atoms with Crippen molar-refractivity contribution in [1.29, 1.82) is 0 Å². The maximum absolute atomic E-state index is 13.4. The molecule has 0 aliphatic rings. The monoisotopic (exact) mass is 539 g/mol. The Hall–Kier alpha value is -2.33. The van der Waals surface area contributed by atoms with Gasteiger partial charge in [0.05, 0.1) is 13.2 Å². The molecule has 1 atom stereocenters. The van der Waals surface area contributed by atoms with Gasteiger partial charge in [0.15, 0.2) is 5.96 Å². The quantitative estimate of drug-likeness (QED) is 0.231. The van der Waals surface area contributed by atoms with Crippen molar-refractivity contribution < 1.29 is 9.13 Å². The fraction of sp³-hybridized carbons (Fsp3) is 0.348. The van der Waals surface area contributed by atoms with Crippen LogP contribution in [0.15, 0.2) is 53.7 Å². The Morgan fingerprint density at radius 3 is 2.68 bits per heavy atom. The van der Waals surface area contributed by atoms with E-state index in [1.165, 1.54) is 12.1 Å². The molecule has 0 saturated heterocycles. The van der Waals surface area contributed by atoms with Gasteiger partial charge in [0.25, 0.3) is 0 Å². The highest BCUT2D eigenvalue weighted by Gasteiger charge is 2.18. The van der Waals surface area contributed by atoms with Crippen molar-refractivity contribution in [1.82, 2.24) is 20.5 Å². The first-order valence-electron chi connectivity index (χ1n) is 10.0. The minimum Gasteiger partial charge on any atom is -0.496 e. The van der Waals surface area contributed by atoms with Gasteiger partial charge in [0.1, 0.15) is 11.6 Å². The van der Waals surface area contributed by atoms with Crippen LogP contribution in [0.5, 0.6) is 5.75 Å². The maximum atomic E-state index is 13.4. The predicted octanol–water partition coefficient (Wildman–Crippen LogP) is 3.94. The number of para-hydroxylation sites is 1. The van der Waals surface area contributed by atoms with Gasteiger partial charge in [0.2, 0.25) is 0 Å². The number of hydrogen-bond donors (Lipinski definition) is 3. The second-order valence-corrected chi connectivity index (χ2v) is 7.36. The number of aromatic nitrogens is 1.